The van der Waals surface area contributed by atoms with Gasteiger partial charge in [0, 0.05) is 19.3 Å². The normalized spacial score (nSPS) is 28.1. The predicted octanol–water partition coefficient (Wildman–Crippen LogP) is 9.57. The number of aliphatic hydroxyl groups excluding tert-OH is 10. The zero-order chi connectivity index (χ0) is 69.6. The second-order valence-corrected chi connectivity index (χ2v) is 28.1. The van der Waals surface area contributed by atoms with Crippen molar-refractivity contribution in [2.45, 2.75) is 388 Å². The Kier molecular flexibility index (Phi) is 48.2. The van der Waals surface area contributed by atoms with Gasteiger partial charge in [-0.15, -0.1) is 0 Å². The maximum absolute atomic E-state index is 14.3. The van der Waals surface area contributed by atoms with Crippen LogP contribution in [-0.4, -0.2) is 204 Å². The van der Waals surface area contributed by atoms with Gasteiger partial charge in [-0.1, -0.05) is 232 Å². The molecule has 18 unspecified atom stereocenters. The molecule has 558 valence electrons. The summed E-state index contributed by atoms with van der Waals surface area (Å²) in [6.45, 7) is 3.42. The second-order valence-electron chi connectivity index (χ2n) is 26.7. The van der Waals surface area contributed by atoms with Gasteiger partial charge in [-0.25, -0.2) is 4.57 Å². The van der Waals surface area contributed by atoms with Crippen LogP contribution in [0.25, 0.3) is 0 Å². The minimum atomic E-state index is -5.69. The average molecular weight is 1390 g/mol. The Hall–Kier alpha value is -2.30. The van der Waals surface area contributed by atoms with Crippen LogP contribution < -0.4 is 0 Å². The number of allylic oxidation sites excluding steroid dienone is 2. The van der Waals surface area contributed by atoms with Crippen molar-refractivity contribution in [2.24, 2.45) is 0 Å². The Labute approximate surface area is 567 Å². The van der Waals surface area contributed by atoms with Gasteiger partial charge in [-0.2, -0.15) is 0 Å². The van der Waals surface area contributed by atoms with E-state index in [0.29, 0.717) is 19.3 Å². The molecule has 18 atom stereocenters. The lowest BCUT2D eigenvalue weighted by atomic mass is 9.84. The summed E-state index contributed by atoms with van der Waals surface area (Å²) in [5.74, 6) is -1.99. The molecule has 0 radical (unpaired) electrons. The van der Waals surface area contributed by atoms with Gasteiger partial charge in [0.05, 0.1) is 13.2 Å². The quantitative estimate of drug-likeness (QED) is 0.00887. The molecular formula is C70H129O24P. The lowest BCUT2D eigenvalue weighted by Gasteiger charge is -2.49. The first-order valence-electron chi connectivity index (χ1n) is 37.0. The molecule has 2 heterocycles. The topological polar surface area (TPSA) is 374 Å². The predicted molar refractivity (Wildman–Crippen MR) is 356 cm³/mol. The lowest BCUT2D eigenvalue weighted by Crippen LogP contribution is -2.69. The van der Waals surface area contributed by atoms with Gasteiger partial charge in [0.25, 0.3) is 0 Å². The number of rotatable bonds is 57. The Morgan fingerprint density at radius 2 is 0.737 bits per heavy atom. The fourth-order valence-electron chi connectivity index (χ4n) is 12.2. The Balaban J connectivity index is 1.75. The molecule has 24 nitrogen and oxygen atoms in total. The Morgan fingerprint density at radius 1 is 0.400 bits per heavy atom. The van der Waals surface area contributed by atoms with Gasteiger partial charge >= 0.3 is 25.7 Å². The van der Waals surface area contributed by atoms with Crippen molar-refractivity contribution < 1.29 is 117 Å². The zero-order valence-electron chi connectivity index (χ0n) is 58.0. The summed E-state index contributed by atoms with van der Waals surface area (Å²) < 4.78 is 64.9. The number of esters is 3. The molecule has 1 aliphatic carbocycles. The van der Waals surface area contributed by atoms with Crippen molar-refractivity contribution in [3.8, 4) is 0 Å². The highest BCUT2D eigenvalue weighted by atomic mass is 31.2. The molecule has 3 rings (SSSR count). The molecule has 2 saturated heterocycles. The molecule has 0 amide bonds. The molecule has 0 spiro atoms. The van der Waals surface area contributed by atoms with E-state index < -0.39 is 156 Å². The molecule has 2 aliphatic heterocycles. The first kappa shape index (κ1) is 86.9. The molecular weight excluding hydrogens is 1260 g/mol. The van der Waals surface area contributed by atoms with Crippen LogP contribution in [0.1, 0.15) is 284 Å². The minimum Gasteiger partial charge on any atom is -0.463 e. The number of hydrogen-bond donors (Lipinski definition) is 11. The number of carbonyl (C=O) groups excluding carboxylic acids is 3. The third-order valence-corrected chi connectivity index (χ3v) is 19.3. The smallest absolute Gasteiger partial charge is 0.463 e. The number of hydrogen-bond acceptors (Lipinski definition) is 23. The average Bonchev–Trinajstić information content (AvgIpc) is 0.764. The van der Waals surface area contributed by atoms with E-state index in [1.807, 2.05) is 0 Å². The molecule has 0 aromatic heterocycles. The monoisotopic (exact) mass is 1380 g/mol. The SMILES string of the molecule is CCCCCC/C=C\CCCCCCCCCC(=O)OC(COC(=O)CCCCCCCCCCCCCC)COP(=O)(O)OC1C(OC2OC(CO)C(O)C(O)C2O)C(O)C(O)C(O)C1OC1OC(COC(=O)CCCCCCCCCCCCCCC)C(O)C(O)C1O. The van der Waals surface area contributed by atoms with Crippen LogP contribution in [0.15, 0.2) is 12.2 Å². The van der Waals surface area contributed by atoms with Gasteiger partial charge in [-0.05, 0) is 44.9 Å². The summed E-state index contributed by atoms with van der Waals surface area (Å²) in [5, 5.41) is 110. The molecule has 1 saturated carbocycles. The fourth-order valence-corrected chi connectivity index (χ4v) is 13.2. The van der Waals surface area contributed by atoms with Crippen molar-refractivity contribution in [2.75, 3.05) is 26.4 Å². The summed E-state index contributed by atoms with van der Waals surface area (Å²) in [4.78, 5) is 50.9. The molecule has 3 fully saturated rings. The molecule has 0 aromatic rings. The van der Waals surface area contributed by atoms with Crippen LogP contribution in [0, 0.1) is 0 Å². The first-order chi connectivity index (χ1) is 45.8. The van der Waals surface area contributed by atoms with E-state index in [9.17, 15) is 74.9 Å². The van der Waals surface area contributed by atoms with Gasteiger partial charge in [0.2, 0.25) is 0 Å². The van der Waals surface area contributed by atoms with Crippen LogP contribution in [0.2, 0.25) is 0 Å². The number of aliphatic hydroxyl groups is 10. The van der Waals surface area contributed by atoms with E-state index in [4.69, 9.17) is 42.2 Å². The standard InChI is InChI=1S/C70H129O24P/c1-4-7-10-13-16-19-22-25-26-28-31-34-37-40-43-46-56(74)89-51(48-86-54(72)44-41-38-35-32-29-24-21-18-15-12-9-6-3)49-88-95(84,85)94-68-66(92-69-64(82)59(77)57(75)52(47-71)90-69)62(80)61(79)63(81)67(68)93-70-65(83)60(78)58(76)53(91-70)50-87-55(73)45-42-39-36-33-30-27-23-20-17-14-11-8-5-2/h19,22,51-53,57-71,75-83H,4-18,20-21,23-50H2,1-3H3,(H,84,85)/b22-19-. The summed E-state index contributed by atoms with van der Waals surface area (Å²) in [7, 11) is -5.69. The highest BCUT2D eigenvalue weighted by Crippen LogP contribution is 2.49. The Bertz CT molecular complexity index is 2020. The van der Waals surface area contributed by atoms with Gasteiger partial charge in [0.15, 0.2) is 18.7 Å². The van der Waals surface area contributed by atoms with Crippen LogP contribution in [0.3, 0.4) is 0 Å². The van der Waals surface area contributed by atoms with E-state index >= 15 is 0 Å². The highest BCUT2D eigenvalue weighted by molar-refractivity contribution is 7.47. The molecule has 95 heavy (non-hydrogen) atoms. The van der Waals surface area contributed by atoms with Crippen LogP contribution in [0.4, 0.5) is 0 Å². The Morgan fingerprint density at radius 3 is 1.15 bits per heavy atom. The van der Waals surface area contributed by atoms with Gasteiger partial charge in [0.1, 0.15) is 98.7 Å². The minimum absolute atomic E-state index is 0.0321. The van der Waals surface area contributed by atoms with Crippen LogP contribution >= 0.6 is 7.82 Å². The number of ether oxygens (including phenoxy) is 7. The van der Waals surface area contributed by atoms with Crippen molar-refractivity contribution in [1.82, 2.24) is 0 Å². The second kappa shape index (κ2) is 52.6. The maximum atomic E-state index is 14.3. The number of phosphoric acid groups is 1. The fraction of sp³-hybridized carbons (Fsp3) is 0.929. The summed E-state index contributed by atoms with van der Waals surface area (Å²) in [6.07, 6.45) is 10.0. The first-order valence-corrected chi connectivity index (χ1v) is 38.5. The maximum Gasteiger partial charge on any atom is 0.472 e. The van der Waals surface area contributed by atoms with Crippen molar-refractivity contribution in [3.63, 3.8) is 0 Å². The lowest BCUT2D eigenvalue weighted by molar-refractivity contribution is -0.360. The van der Waals surface area contributed by atoms with Crippen LogP contribution in [0.5, 0.6) is 0 Å². The molecule has 0 bridgehead atoms. The van der Waals surface area contributed by atoms with Crippen LogP contribution in [-0.2, 0) is 61.2 Å². The van der Waals surface area contributed by atoms with Crippen molar-refractivity contribution in [3.05, 3.63) is 12.2 Å². The van der Waals surface area contributed by atoms with Gasteiger partial charge < -0.3 is 89.1 Å². The van der Waals surface area contributed by atoms with Crippen molar-refractivity contribution >= 4 is 25.7 Å². The third-order valence-electron chi connectivity index (χ3n) is 18.3. The van der Waals surface area contributed by atoms with E-state index in [1.54, 1.807) is 0 Å². The highest BCUT2D eigenvalue weighted by Gasteiger charge is 2.58. The zero-order valence-corrected chi connectivity index (χ0v) is 58.9. The third kappa shape index (κ3) is 36.2. The molecule has 11 N–H and O–H groups in total. The van der Waals surface area contributed by atoms with Crippen molar-refractivity contribution in [1.29, 1.82) is 0 Å². The molecule has 0 aromatic carbocycles. The molecule has 25 heteroatoms. The molecule has 3 aliphatic rings. The summed E-state index contributed by atoms with van der Waals surface area (Å²) >= 11 is 0. The van der Waals surface area contributed by atoms with E-state index in [0.717, 1.165) is 116 Å². The largest absolute Gasteiger partial charge is 0.472 e. The van der Waals surface area contributed by atoms with Gasteiger partial charge in [-0.3, -0.25) is 23.4 Å². The number of carbonyl (C=O) groups is 3. The number of unbranched alkanes of at least 4 members (excludes halogenated alkanes) is 34. The summed E-state index contributed by atoms with van der Waals surface area (Å²) in [6, 6.07) is 0. The van der Waals surface area contributed by atoms with E-state index in [1.165, 1.54) is 109 Å². The van der Waals surface area contributed by atoms with E-state index in [-0.39, 0.29) is 19.3 Å². The number of phosphoric ester groups is 1. The summed E-state index contributed by atoms with van der Waals surface area (Å²) in [5.41, 5.74) is 0. The van der Waals surface area contributed by atoms with E-state index in [2.05, 4.69) is 32.9 Å².